The Labute approximate surface area is 238 Å². The highest BCUT2D eigenvalue weighted by Gasteiger charge is 2.12. The van der Waals surface area contributed by atoms with Gasteiger partial charge in [-0.1, -0.05) is 103 Å². The smallest absolute Gasteiger partial charge is 0.0464 e. The van der Waals surface area contributed by atoms with E-state index in [2.05, 4.69) is 164 Å². The van der Waals surface area contributed by atoms with Gasteiger partial charge >= 0.3 is 0 Å². The van der Waals surface area contributed by atoms with Crippen molar-refractivity contribution < 1.29 is 0 Å². The van der Waals surface area contributed by atoms with Crippen LogP contribution in [0.2, 0.25) is 0 Å². The molecular formula is C38H34N2. The first-order valence-corrected chi connectivity index (χ1v) is 13.6. The van der Waals surface area contributed by atoms with Crippen LogP contribution in [0.3, 0.4) is 0 Å². The molecule has 0 spiro atoms. The van der Waals surface area contributed by atoms with Crippen molar-refractivity contribution in [2.45, 2.75) is 13.8 Å². The van der Waals surface area contributed by atoms with Crippen LogP contribution in [0.4, 0.5) is 28.4 Å². The van der Waals surface area contributed by atoms with Gasteiger partial charge in [-0.2, -0.15) is 0 Å². The van der Waals surface area contributed by atoms with E-state index in [0.717, 1.165) is 22.7 Å². The summed E-state index contributed by atoms with van der Waals surface area (Å²) in [6, 6.07) is 56.9. The molecule has 0 unspecified atom stereocenters. The van der Waals surface area contributed by atoms with Crippen molar-refractivity contribution >= 4 is 28.4 Å². The van der Waals surface area contributed by atoms with Gasteiger partial charge in [-0.15, -0.1) is 0 Å². The fourth-order valence-electron chi connectivity index (χ4n) is 4.64. The van der Waals surface area contributed by atoms with E-state index in [-0.39, 0.29) is 0 Å². The average Bonchev–Trinajstić information content (AvgIpc) is 3.00. The summed E-state index contributed by atoms with van der Waals surface area (Å²) in [6.07, 6.45) is 0. The van der Waals surface area contributed by atoms with Crippen LogP contribution in [-0.4, -0.2) is 0 Å². The molecule has 0 fully saturated rings. The number of aryl methyl sites for hydroxylation is 2. The maximum Gasteiger partial charge on any atom is 0.0464 e. The predicted molar refractivity (Wildman–Crippen MR) is 172 cm³/mol. The van der Waals surface area contributed by atoms with Crippen molar-refractivity contribution in [3.05, 3.63) is 175 Å². The van der Waals surface area contributed by atoms with E-state index < -0.39 is 0 Å². The van der Waals surface area contributed by atoms with Crippen LogP contribution in [0.25, 0.3) is 11.1 Å². The van der Waals surface area contributed by atoms with Gasteiger partial charge in [0.2, 0.25) is 0 Å². The van der Waals surface area contributed by atoms with Crippen molar-refractivity contribution in [3.63, 3.8) is 0 Å². The maximum atomic E-state index is 3.34. The molecule has 0 atom stereocenters. The van der Waals surface area contributed by atoms with Gasteiger partial charge < -0.3 is 10.2 Å². The molecule has 6 aromatic rings. The summed E-state index contributed by atoms with van der Waals surface area (Å²) in [5, 5.41) is 3.34. The van der Waals surface area contributed by atoms with Gasteiger partial charge in [-0.3, -0.25) is 0 Å². The van der Waals surface area contributed by atoms with Gasteiger partial charge in [0.25, 0.3) is 0 Å². The molecule has 0 radical (unpaired) electrons. The van der Waals surface area contributed by atoms with Crippen molar-refractivity contribution in [1.29, 1.82) is 0 Å². The molecule has 0 heterocycles. The predicted octanol–water partition coefficient (Wildman–Crippen LogP) is 10.9. The third kappa shape index (κ3) is 7.06. The number of hydrogen-bond donors (Lipinski definition) is 1. The fourth-order valence-corrected chi connectivity index (χ4v) is 4.64. The summed E-state index contributed by atoms with van der Waals surface area (Å²) in [5.41, 5.74) is 10.7. The van der Waals surface area contributed by atoms with Gasteiger partial charge in [0.1, 0.15) is 0 Å². The molecule has 0 bridgehead atoms. The highest BCUT2D eigenvalue weighted by atomic mass is 15.1. The Bertz CT molecular complexity index is 1610. The Balaban J connectivity index is 0.000000194. The molecule has 0 aromatic heterocycles. The molecule has 0 aliphatic carbocycles. The fraction of sp³-hybridized carbons (Fsp3) is 0.0526. The standard InChI is InChI=1S/C25H21N.C13H13N/c1-20-9-8-14-25(19-20)26(23-12-6-3-7-13-23)24-17-15-22(16-18-24)21-10-4-2-5-11-21;1-11-6-5-9-13(10-11)14-12-7-3-2-4-8-12/h2-19H,1H3;2-10,14H,1H3. The number of anilines is 5. The number of benzene rings is 6. The van der Waals surface area contributed by atoms with Crippen LogP contribution in [0.5, 0.6) is 0 Å². The van der Waals surface area contributed by atoms with E-state index in [1.165, 1.54) is 27.9 Å². The van der Waals surface area contributed by atoms with Crippen molar-refractivity contribution in [2.24, 2.45) is 0 Å². The van der Waals surface area contributed by atoms with E-state index in [0.29, 0.717) is 0 Å². The quantitative estimate of drug-likeness (QED) is 0.236. The van der Waals surface area contributed by atoms with E-state index in [9.17, 15) is 0 Å². The molecule has 1 N–H and O–H groups in total. The molecule has 40 heavy (non-hydrogen) atoms. The summed E-state index contributed by atoms with van der Waals surface area (Å²) >= 11 is 0. The lowest BCUT2D eigenvalue weighted by Gasteiger charge is -2.26. The minimum Gasteiger partial charge on any atom is -0.356 e. The lowest BCUT2D eigenvalue weighted by molar-refractivity contribution is 1.27. The van der Waals surface area contributed by atoms with E-state index >= 15 is 0 Å². The molecular weight excluding hydrogens is 484 g/mol. The molecule has 2 heteroatoms. The van der Waals surface area contributed by atoms with Crippen LogP contribution in [0.1, 0.15) is 11.1 Å². The topological polar surface area (TPSA) is 15.3 Å². The Morgan fingerprint density at radius 2 is 0.850 bits per heavy atom. The molecule has 6 aromatic carbocycles. The maximum absolute atomic E-state index is 3.34. The van der Waals surface area contributed by atoms with Crippen LogP contribution in [0.15, 0.2) is 164 Å². The zero-order valence-electron chi connectivity index (χ0n) is 23.0. The third-order valence-electron chi connectivity index (χ3n) is 6.59. The van der Waals surface area contributed by atoms with E-state index in [4.69, 9.17) is 0 Å². The monoisotopic (exact) mass is 518 g/mol. The van der Waals surface area contributed by atoms with Gasteiger partial charge in [0, 0.05) is 28.4 Å². The van der Waals surface area contributed by atoms with Crippen molar-refractivity contribution in [1.82, 2.24) is 0 Å². The Kier molecular flexibility index (Phi) is 8.70. The lowest BCUT2D eigenvalue weighted by atomic mass is 10.0. The largest absolute Gasteiger partial charge is 0.356 e. The summed E-state index contributed by atoms with van der Waals surface area (Å²) in [4.78, 5) is 2.29. The number of nitrogens with one attached hydrogen (secondary N) is 1. The molecule has 6 rings (SSSR count). The van der Waals surface area contributed by atoms with Crippen LogP contribution in [-0.2, 0) is 0 Å². The zero-order valence-corrected chi connectivity index (χ0v) is 23.0. The molecule has 2 nitrogen and oxygen atoms in total. The van der Waals surface area contributed by atoms with Crippen LogP contribution >= 0.6 is 0 Å². The molecule has 0 amide bonds. The Morgan fingerprint density at radius 3 is 1.48 bits per heavy atom. The van der Waals surface area contributed by atoms with Gasteiger partial charge in [-0.05, 0) is 96.8 Å². The third-order valence-corrected chi connectivity index (χ3v) is 6.59. The minimum atomic E-state index is 1.12. The number of nitrogens with zero attached hydrogens (tertiary/aromatic N) is 1. The second-order valence-electron chi connectivity index (χ2n) is 9.78. The van der Waals surface area contributed by atoms with Crippen LogP contribution < -0.4 is 10.2 Å². The average molecular weight is 519 g/mol. The molecule has 0 saturated heterocycles. The first-order chi connectivity index (χ1) is 19.7. The summed E-state index contributed by atoms with van der Waals surface area (Å²) < 4.78 is 0. The van der Waals surface area contributed by atoms with E-state index in [1.54, 1.807) is 0 Å². The van der Waals surface area contributed by atoms with E-state index in [1.807, 2.05) is 24.3 Å². The first-order valence-electron chi connectivity index (χ1n) is 13.6. The van der Waals surface area contributed by atoms with Gasteiger partial charge in [0.05, 0.1) is 0 Å². The molecule has 0 saturated carbocycles. The SMILES string of the molecule is Cc1cccc(N(c2ccccc2)c2ccc(-c3ccccc3)cc2)c1.Cc1cccc(Nc2ccccc2)c1. The lowest BCUT2D eigenvalue weighted by Crippen LogP contribution is -2.09. The van der Waals surface area contributed by atoms with Crippen LogP contribution in [0, 0.1) is 13.8 Å². The number of hydrogen-bond acceptors (Lipinski definition) is 2. The number of para-hydroxylation sites is 2. The highest BCUT2D eigenvalue weighted by Crippen LogP contribution is 2.35. The minimum absolute atomic E-state index is 1.12. The molecule has 0 aliphatic rings. The van der Waals surface area contributed by atoms with Gasteiger partial charge in [-0.25, -0.2) is 0 Å². The summed E-state index contributed by atoms with van der Waals surface area (Å²) in [7, 11) is 0. The number of rotatable bonds is 6. The van der Waals surface area contributed by atoms with Gasteiger partial charge in [0.15, 0.2) is 0 Å². The Morgan fingerprint density at radius 1 is 0.375 bits per heavy atom. The first kappa shape index (κ1) is 26.5. The summed E-state index contributed by atoms with van der Waals surface area (Å²) in [6.45, 7) is 4.22. The van der Waals surface area contributed by atoms with Crippen molar-refractivity contribution in [3.8, 4) is 11.1 Å². The highest BCUT2D eigenvalue weighted by molar-refractivity contribution is 5.78. The second-order valence-corrected chi connectivity index (χ2v) is 9.78. The second kappa shape index (κ2) is 13.1. The molecule has 0 aliphatic heterocycles. The van der Waals surface area contributed by atoms with Crippen molar-refractivity contribution in [2.75, 3.05) is 10.2 Å². The zero-order chi connectivity index (χ0) is 27.6. The normalized spacial score (nSPS) is 10.2. The molecule has 196 valence electrons. The Hall–Kier alpha value is -5.08. The summed E-state index contributed by atoms with van der Waals surface area (Å²) in [5.74, 6) is 0.